The number of hydrazone groups is 1. The third kappa shape index (κ3) is 4.67. The molecule has 0 fully saturated rings. The molecule has 0 bridgehead atoms. The number of halogens is 1. The van der Waals surface area contributed by atoms with Gasteiger partial charge in [-0.15, -0.1) is 0 Å². The second-order valence-corrected chi connectivity index (χ2v) is 4.46. The summed E-state index contributed by atoms with van der Waals surface area (Å²) in [5.74, 6) is -0.721. The lowest BCUT2D eigenvalue weighted by molar-refractivity contribution is -0.139. The minimum atomic E-state index is -0.394. The fourth-order valence-corrected chi connectivity index (χ4v) is 1.40. The summed E-state index contributed by atoms with van der Waals surface area (Å²) in [5.41, 5.74) is 3.35. The molecule has 0 spiro atoms. The number of benzene rings is 1. The number of amides is 1. The molecule has 1 N–H and O–H groups in total. The molecule has 96 valence electrons. The highest BCUT2D eigenvalue weighted by molar-refractivity contribution is 9.10. The van der Waals surface area contributed by atoms with Crippen molar-refractivity contribution in [2.75, 3.05) is 7.11 Å². The van der Waals surface area contributed by atoms with E-state index in [2.05, 4.69) is 31.2 Å². The zero-order chi connectivity index (χ0) is 13.5. The lowest BCUT2D eigenvalue weighted by Crippen LogP contribution is -2.20. The summed E-state index contributed by atoms with van der Waals surface area (Å²) in [4.78, 5) is 22.6. The molecule has 0 aliphatic rings. The fourth-order valence-electron chi connectivity index (χ4n) is 1.13. The maximum atomic E-state index is 11.7. The van der Waals surface area contributed by atoms with Crippen molar-refractivity contribution in [2.24, 2.45) is 5.10 Å². The molecule has 0 heterocycles. The highest BCUT2D eigenvalue weighted by Crippen LogP contribution is 2.10. The molecule has 0 saturated carbocycles. The Kier molecular flexibility index (Phi) is 5.51. The Morgan fingerprint density at radius 3 is 2.50 bits per heavy atom. The highest BCUT2D eigenvalue weighted by atomic mass is 79.9. The lowest BCUT2D eigenvalue weighted by atomic mass is 10.2. The zero-order valence-corrected chi connectivity index (χ0v) is 11.7. The fraction of sp³-hybridized carbons (Fsp3) is 0.250. The summed E-state index contributed by atoms with van der Waals surface area (Å²) < 4.78 is 5.38. The van der Waals surface area contributed by atoms with Gasteiger partial charge in [-0.3, -0.25) is 9.59 Å². The van der Waals surface area contributed by atoms with Crippen molar-refractivity contribution < 1.29 is 14.3 Å². The monoisotopic (exact) mass is 312 g/mol. The average Bonchev–Trinajstić information content (AvgIpc) is 2.36. The van der Waals surface area contributed by atoms with Crippen LogP contribution < -0.4 is 5.43 Å². The summed E-state index contributed by atoms with van der Waals surface area (Å²) in [6, 6.07) is 6.87. The molecule has 0 aliphatic carbocycles. The van der Waals surface area contributed by atoms with Gasteiger partial charge in [-0.1, -0.05) is 15.9 Å². The first-order chi connectivity index (χ1) is 8.52. The Morgan fingerprint density at radius 1 is 1.33 bits per heavy atom. The molecule has 0 radical (unpaired) electrons. The second-order valence-electron chi connectivity index (χ2n) is 3.55. The third-order valence-corrected chi connectivity index (χ3v) is 2.61. The normalized spacial score (nSPS) is 10.9. The van der Waals surface area contributed by atoms with Gasteiger partial charge < -0.3 is 4.74 Å². The maximum absolute atomic E-state index is 11.7. The van der Waals surface area contributed by atoms with E-state index >= 15 is 0 Å². The maximum Gasteiger partial charge on any atom is 0.311 e. The van der Waals surface area contributed by atoms with E-state index in [0.29, 0.717) is 11.3 Å². The van der Waals surface area contributed by atoms with Gasteiger partial charge >= 0.3 is 5.97 Å². The first kappa shape index (κ1) is 14.4. The lowest BCUT2D eigenvalue weighted by Gasteiger charge is -2.02. The highest BCUT2D eigenvalue weighted by Gasteiger charge is 2.06. The minimum absolute atomic E-state index is 0.0527. The van der Waals surface area contributed by atoms with E-state index in [9.17, 15) is 9.59 Å². The third-order valence-electron chi connectivity index (χ3n) is 2.08. The Morgan fingerprint density at radius 2 is 1.94 bits per heavy atom. The molecule has 0 aromatic heterocycles. The SMILES string of the molecule is COC(=O)C/C(C)=N/NC(=O)c1ccc(Br)cc1. The molecule has 0 unspecified atom stereocenters. The van der Waals surface area contributed by atoms with Crippen LogP contribution in [-0.2, 0) is 9.53 Å². The van der Waals surface area contributed by atoms with Crippen molar-refractivity contribution in [1.29, 1.82) is 0 Å². The van der Waals surface area contributed by atoms with Crippen LogP contribution in [-0.4, -0.2) is 24.7 Å². The zero-order valence-electron chi connectivity index (χ0n) is 10.1. The van der Waals surface area contributed by atoms with Crippen molar-refractivity contribution >= 4 is 33.5 Å². The van der Waals surface area contributed by atoms with Gasteiger partial charge in [-0.2, -0.15) is 5.10 Å². The van der Waals surface area contributed by atoms with Crippen molar-refractivity contribution in [1.82, 2.24) is 5.43 Å². The van der Waals surface area contributed by atoms with E-state index in [4.69, 9.17) is 0 Å². The predicted molar refractivity (Wildman–Crippen MR) is 71.4 cm³/mol. The van der Waals surface area contributed by atoms with Crippen LogP contribution in [0.3, 0.4) is 0 Å². The van der Waals surface area contributed by atoms with Crippen LogP contribution in [0, 0.1) is 0 Å². The largest absolute Gasteiger partial charge is 0.469 e. The average molecular weight is 313 g/mol. The van der Waals surface area contributed by atoms with Gasteiger partial charge in [0.2, 0.25) is 0 Å². The standard InChI is InChI=1S/C12H13BrN2O3/c1-8(7-11(16)18-2)14-15-12(17)9-3-5-10(13)6-4-9/h3-6H,7H2,1-2H3,(H,15,17)/b14-8+. The quantitative estimate of drug-likeness (QED) is 0.526. The summed E-state index contributed by atoms with van der Waals surface area (Å²) in [5, 5.41) is 3.82. The van der Waals surface area contributed by atoms with Crippen molar-refractivity contribution in [3.63, 3.8) is 0 Å². The second kappa shape index (κ2) is 6.90. The van der Waals surface area contributed by atoms with E-state index in [0.717, 1.165) is 4.47 Å². The molecular formula is C12H13BrN2O3. The summed E-state index contributed by atoms with van der Waals surface area (Å²) in [6.45, 7) is 1.64. The van der Waals surface area contributed by atoms with Crippen molar-refractivity contribution in [3.8, 4) is 0 Å². The number of nitrogens with zero attached hydrogens (tertiary/aromatic N) is 1. The van der Waals surface area contributed by atoms with Gasteiger partial charge in [0.25, 0.3) is 5.91 Å². The Balaban J connectivity index is 2.57. The Labute approximate surface area is 113 Å². The molecule has 1 rings (SSSR count). The molecule has 0 atom stereocenters. The van der Waals surface area contributed by atoms with Gasteiger partial charge in [0, 0.05) is 15.7 Å². The molecule has 18 heavy (non-hydrogen) atoms. The van der Waals surface area contributed by atoms with Gasteiger partial charge in [0.1, 0.15) is 0 Å². The Bertz CT molecular complexity index is 469. The van der Waals surface area contributed by atoms with E-state index in [1.165, 1.54) is 7.11 Å². The number of hydrogen-bond donors (Lipinski definition) is 1. The van der Waals surface area contributed by atoms with Gasteiger partial charge in [0.15, 0.2) is 0 Å². The van der Waals surface area contributed by atoms with E-state index in [1.807, 2.05) is 0 Å². The van der Waals surface area contributed by atoms with Gasteiger partial charge in [0.05, 0.1) is 13.5 Å². The van der Waals surface area contributed by atoms with Crippen molar-refractivity contribution in [3.05, 3.63) is 34.3 Å². The number of methoxy groups -OCH3 is 1. The van der Waals surface area contributed by atoms with Crippen LogP contribution in [0.25, 0.3) is 0 Å². The summed E-state index contributed by atoms with van der Waals surface area (Å²) >= 11 is 3.28. The number of carbonyl (C=O) groups is 2. The van der Waals surface area contributed by atoms with Crippen molar-refractivity contribution in [2.45, 2.75) is 13.3 Å². The Hall–Kier alpha value is -1.69. The predicted octanol–water partition coefficient (Wildman–Crippen LogP) is 2.12. The molecule has 0 saturated heterocycles. The molecule has 1 amide bonds. The number of rotatable bonds is 4. The smallest absolute Gasteiger partial charge is 0.311 e. The van der Waals surface area contributed by atoms with Crippen LogP contribution in [0.15, 0.2) is 33.8 Å². The number of carbonyl (C=O) groups excluding carboxylic acids is 2. The number of ether oxygens (including phenoxy) is 1. The van der Waals surface area contributed by atoms with Crippen LogP contribution >= 0.6 is 15.9 Å². The molecule has 5 nitrogen and oxygen atoms in total. The van der Waals surface area contributed by atoms with Crippen LogP contribution in [0.5, 0.6) is 0 Å². The molecule has 1 aromatic carbocycles. The minimum Gasteiger partial charge on any atom is -0.469 e. The summed E-state index contributed by atoms with van der Waals surface area (Å²) in [7, 11) is 1.30. The van der Waals surface area contributed by atoms with Gasteiger partial charge in [-0.05, 0) is 31.2 Å². The van der Waals surface area contributed by atoms with Crippen LogP contribution in [0.4, 0.5) is 0 Å². The first-order valence-corrected chi connectivity index (χ1v) is 5.98. The molecule has 0 aliphatic heterocycles. The van der Waals surface area contributed by atoms with E-state index in [-0.39, 0.29) is 12.3 Å². The van der Waals surface area contributed by atoms with Crippen LogP contribution in [0.2, 0.25) is 0 Å². The number of esters is 1. The molecule has 1 aromatic rings. The van der Waals surface area contributed by atoms with Crippen LogP contribution in [0.1, 0.15) is 23.7 Å². The first-order valence-electron chi connectivity index (χ1n) is 5.19. The summed E-state index contributed by atoms with van der Waals surface area (Å²) in [6.07, 6.45) is 0.0527. The topological polar surface area (TPSA) is 67.8 Å². The number of nitrogens with one attached hydrogen (secondary N) is 1. The molecular weight excluding hydrogens is 300 g/mol. The molecule has 6 heteroatoms. The van der Waals surface area contributed by atoms with Gasteiger partial charge in [-0.25, -0.2) is 5.43 Å². The van der Waals surface area contributed by atoms with E-state index in [1.54, 1.807) is 31.2 Å². The van der Waals surface area contributed by atoms with E-state index < -0.39 is 5.97 Å². The number of hydrogen-bond acceptors (Lipinski definition) is 4.